The summed E-state index contributed by atoms with van der Waals surface area (Å²) in [5.74, 6) is -0.0452. The summed E-state index contributed by atoms with van der Waals surface area (Å²) in [5.41, 5.74) is 0.867. The molecule has 1 unspecified atom stereocenters. The molecule has 0 spiro atoms. The molecule has 1 aliphatic rings. The zero-order valence-electron chi connectivity index (χ0n) is 12.9. The average molecular weight is 328 g/mol. The molecule has 1 aliphatic heterocycles. The van der Waals surface area contributed by atoms with Gasteiger partial charge >= 0.3 is 0 Å². The van der Waals surface area contributed by atoms with E-state index in [9.17, 15) is 9.59 Å². The molecule has 1 saturated heterocycles. The molecule has 0 aliphatic carbocycles. The summed E-state index contributed by atoms with van der Waals surface area (Å²) in [4.78, 5) is 27.9. The zero-order chi connectivity index (χ0) is 16.1. The number of thiophene rings is 1. The van der Waals surface area contributed by atoms with Crippen LogP contribution >= 0.6 is 11.3 Å². The van der Waals surface area contributed by atoms with Crippen LogP contribution in [0.25, 0.3) is 0 Å². The van der Waals surface area contributed by atoms with Crippen LogP contribution in [0.15, 0.2) is 47.8 Å². The SMILES string of the molecule is O=C(NCc1cccs1)C(c1ccccc1)N1CCCCC1=O. The number of likely N-dealkylation sites (tertiary alicyclic amines) is 1. The van der Waals surface area contributed by atoms with Gasteiger partial charge < -0.3 is 10.2 Å². The molecule has 23 heavy (non-hydrogen) atoms. The highest BCUT2D eigenvalue weighted by Gasteiger charge is 2.32. The van der Waals surface area contributed by atoms with E-state index in [0.717, 1.165) is 23.3 Å². The molecule has 2 aromatic rings. The van der Waals surface area contributed by atoms with E-state index in [4.69, 9.17) is 0 Å². The fourth-order valence-electron chi connectivity index (χ4n) is 2.89. The van der Waals surface area contributed by atoms with Crippen molar-refractivity contribution in [1.29, 1.82) is 0 Å². The van der Waals surface area contributed by atoms with Gasteiger partial charge in [-0.2, -0.15) is 0 Å². The largest absolute Gasteiger partial charge is 0.349 e. The third kappa shape index (κ3) is 3.79. The van der Waals surface area contributed by atoms with Gasteiger partial charge in [-0.15, -0.1) is 11.3 Å². The van der Waals surface area contributed by atoms with Gasteiger partial charge in [-0.25, -0.2) is 0 Å². The number of benzene rings is 1. The van der Waals surface area contributed by atoms with Crippen LogP contribution in [0, 0.1) is 0 Å². The van der Waals surface area contributed by atoms with Crippen LogP contribution in [-0.4, -0.2) is 23.3 Å². The Balaban J connectivity index is 1.79. The number of carbonyl (C=O) groups excluding carboxylic acids is 2. The maximum absolute atomic E-state index is 12.8. The lowest BCUT2D eigenvalue weighted by molar-refractivity contribution is -0.142. The van der Waals surface area contributed by atoms with Gasteiger partial charge in [0.15, 0.2) is 0 Å². The van der Waals surface area contributed by atoms with E-state index >= 15 is 0 Å². The molecule has 5 heteroatoms. The molecular formula is C18H20N2O2S. The van der Waals surface area contributed by atoms with Crippen LogP contribution in [0.2, 0.25) is 0 Å². The Hall–Kier alpha value is -2.14. The summed E-state index contributed by atoms with van der Waals surface area (Å²) >= 11 is 1.61. The number of carbonyl (C=O) groups is 2. The molecular weight excluding hydrogens is 308 g/mol. The summed E-state index contributed by atoms with van der Waals surface area (Å²) in [7, 11) is 0. The first kappa shape index (κ1) is 15.7. The van der Waals surface area contributed by atoms with Crippen LogP contribution in [-0.2, 0) is 16.1 Å². The van der Waals surface area contributed by atoms with Crippen LogP contribution in [0.5, 0.6) is 0 Å². The van der Waals surface area contributed by atoms with E-state index < -0.39 is 6.04 Å². The Morgan fingerprint density at radius 3 is 2.70 bits per heavy atom. The number of amides is 2. The quantitative estimate of drug-likeness (QED) is 0.917. The fraction of sp³-hybridized carbons (Fsp3) is 0.333. The summed E-state index contributed by atoms with van der Waals surface area (Å²) in [5, 5.41) is 4.97. The summed E-state index contributed by atoms with van der Waals surface area (Å²) in [6.07, 6.45) is 2.39. The molecule has 1 atom stereocenters. The molecule has 0 bridgehead atoms. The monoisotopic (exact) mass is 328 g/mol. The van der Waals surface area contributed by atoms with Crippen molar-refractivity contribution in [2.24, 2.45) is 0 Å². The van der Waals surface area contributed by atoms with Gasteiger partial charge in [0.1, 0.15) is 6.04 Å². The second-order valence-corrected chi connectivity index (χ2v) is 6.69. The Labute approximate surface area is 140 Å². The fourth-order valence-corrected chi connectivity index (χ4v) is 3.54. The van der Waals surface area contributed by atoms with Crippen molar-refractivity contribution >= 4 is 23.2 Å². The second kappa shape index (κ2) is 7.42. The maximum atomic E-state index is 12.8. The van der Waals surface area contributed by atoms with Gasteiger partial charge in [-0.05, 0) is 29.9 Å². The van der Waals surface area contributed by atoms with Crippen LogP contribution < -0.4 is 5.32 Å². The third-order valence-corrected chi connectivity index (χ3v) is 4.93. The topological polar surface area (TPSA) is 49.4 Å². The van der Waals surface area contributed by atoms with Crippen molar-refractivity contribution in [3.63, 3.8) is 0 Å². The molecule has 0 radical (unpaired) electrons. The van der Waals surface area contributed by atoms with E-state index in [1.54, 1.807) is 16.2 Å². The Bertz CT molecular complexity index is 655. The lowest BCUT2D eigenvalue weighted by atomic mass is 10.0. The van der Waals surface area contributed by atoms with Gasteiger partial charge in [0.25, 0.3) is 0 Å². The van der Waals surface area contributed by atoms with E-state index in [0.29, 0.717) is 19.5 Å². The van der Waals surface area contributed by atoms with Crippen LogP contribution in [0.1, 0.15) is 35.7 Å². The van der Waals surface area contributed by atoms with Crippen molar-refractivity contribution in [2.75, 3.05) is 6.54 Å². The van der Waals surface area contributed by atoms with Gasteiger partial charge in [0.2, 0.25) is 11.8 Å². The minimum absolute atomic E-state index is 0.0661. The second-order valence-electron chi connectivity index (χ2n) is 5.65. The highest BCUT2D eigenvalue weighted by atomic mass is 32.1. The molecule has 3 rings (SSSR count). The van der Waals surface area contributed by atoms with E-state index in [2.05, 4.69) is 5.32 Å². The predicted octanol–water partition coefficient (Wildman–Crippen LogP) is 3.12. The smallest absolute Gasteiger partial charge is 0.247 e. The van der Waals surface area contributed by atoms with Gasteiger partial charge in [-0.1, -0.05) is 36.4 Å². The Morgan fingerprint density at radius 1 is 1.17 bits per heavy atom. The van der Waals surface area contributed by atoms with E-state index in [1.807, 2.05) is 47.8 Å². The Morgan fingerprint density at radius 2 is 2.00 bits per heavy atom. The number of piperidine rings is 1. The minimum atomic E-state index is -0.538. The zero-order valence-corrected chi connectivity index (χ0v) is 13.7. The Kier molecular flexibility index (Phi) is 5.08. The first-order valence-electron chi connectivity index (χ1n) is 7.90. The van der Waals surface area contributed by atoms with Crippen molar-refractivity contribution in [3.8, 4) is 0 Å². The molecule has 1 aromatic carbocycles. The number of hydrogen-bond donors (Lipinski definition) is 1. The maximum Gasteiger partial charge on any atom is 0.247 e. The highest BCUT2D eigenvalue weighted by molar-refractivity contribution is 7.09. The van der Waals surface area contributed by atoms with E-state index in [-0.39, 0.29) is 11.8 Å². The van der Waals surface area contributed by atoms with Gasteiger partial charge in [0, 0.05) is 17.8 Å². The van der Waals surface area contributed by atoms with Crippen LogP contribution in [0.3, 0.4) is 0 Å². The molecule has 2 amide bonds. The number of rotatable bonds is 5. The standard InChI is InChI=1S/C18H20N2O2S/c21-16-10-4-5-11-20(16)17(14-7-2-1-3-8-14)18(22)19-13-15-9-6-12-23-15/h1-3,6-9,12,17H,4-5,10-11,13H2,(H,19,22). The third-order valence-electron chi connectivity index (χ3n) is 4.05. The lowest BCUT2D eigenvalue weighted by Crippen LogP contribution is -2.45. The van der Waals surface area contributed by atoms with Crippen molar-refractivity contribution in [1.82, 2.24) is 10.2 Å². The molecule has 1 N–H and O–H groups in total. The average Bonchev–Trinajstić information content (AvgIpc) is 3.09. The molecule has 1 aromatic heterocycles. The predicted molar refractivity (Wildman–Crippen MR) is 90.9 cm³/mol. The summed E-state index contributed by atoms with van der Waals surface area (Å²) in [6, 6.07) is 13.0. The van der Waals surface area contributed by atoms with Crippen molar-refractivity contribution < 1.29 is 9.59 Å². The first-order chi connectivity index (χ1) is 11.3. The highest BCUT2D eigenvalue weighted by Crippen LogP contribution is 2.26. The first-order valence-corrected chi connectivity index (χ1v) is 8.78. The number of nitrogens with one attached hydrogen (secondary N) is 1. The van der Waals surface area contributed by atoms with Gasteiger partial charge in [-0.3, -0.25) is 9.59 Å². The molecule has 4 nitrogen and oxygen atoms in total. The van der Waals surface area contributed by atoms with Crippen LogP contribution in [0.4, 0.5) is 0 Å². The number of nitrogens with zero attached hydrogens (tertiary/aromatic N) is 1. The molecule has 1 fully saturated rings. The van der Waals surface area contributed by atoms with Crippen molar-refractivity contribution in [2.45, 2.75) is 31.8 Å². The molecule has 120 valence electrons. The summed E-state index contributed by atoms with van der Waals surface area (Å²) < 4.78 is 0. The van der Waals surface area contributed by atoms with E-state index in [1.165, 1.54) is 0 Å². The molecule has 2 heterocycles. The minimum Gasteiger partial charge on any atom is -0.349 e. The van der Waals surface area contributed by atoms with Gasteiger partial charge in [0.05, 0.1) is 6.54 Å². The number of hydrogen-bond acceptors (Lipinski definition) is 3. The lowest BCUT2D eigenvalue weighted by Gasteiger charge is -2.34. The normalized spacial score (nSPS) is 16.2. The van der Waals surface area contributed by atoms with Crippen molar-refractivity contribution in [3.05, 3.63) is 58.3 Å². The summed E-state index contributed by atoms with van der Waals surface area (Å²) in [6.45, 7) is 1.15. The molecule has 0 saturated carbocycles.